The molecule has 1 saturated heterocycles. The van der Waals surface area contributed by atoms with Crippen LogP contribution in [0.15, 0.2) is 12.1 Å². The molecular formula is C21H28F2N4O7. The van der Waals surface area contributed by atoms with E-state index in [0.29, 0.717) is 0 Å². The lowest BCUT2D eigenvalue weighted by molar-refractivity contribution is -0.176. The number of amides is 3. The topological polar surface area (TPSA) is 129 Å². The van der Waals surface area contributed by atoms with Gasteiger partial charge in [-0.1, -0.05) is 0 Å². The fourth-order valence-electron chi connectivity index (χ4n) is 3.40. The Morgan fingerprint density at radius 2 is 1.88 bits per heavy atom. The summed E-state index contributed by atoms with van der Waals surface area (Å²) in [6.07, 6.45) is -2.09. The lowest BCUT2D eigenvalue weighted by atomic mass is 10.2. The van der Waals surface area contributed by atoms with Crippen molar-refractivity contribution in [1.82, 2.24) is 10.4 Å². The van der Waals surface area contributed by atoms with Crippen LogP contribution in [-0.2, 0) is 24.0 Å². The molecule has 1 fully saturated rings. The number of halogens is 2. The third-order valence-corrected chi connectivity index (χ3v) is 5.09. The Hall–Kier alpha value is -3.48. The van der Waals surface area contributed by atoms with Crippen molar-refractivity contribution in [3.63, 3.8) is 0 Å². The van der Waals surface area contributed by atoms with Gasteiger partial charge in [-0.15, -0.1) is 0 Å². The minimum Gasteiger partial charge on any atom is -0.481 e. The third kappa shape index (κ3) is 7.01. The number of rotatable bonds is 12. The second kappa shape index (κ2) is 12.1. The lowest BCUT2D eigenvalue weighted by Gasteiger charge is -2.28. The van der Waals surface area contributed by atoms with E-state index < -0.39 is 35.7 Å². The summed E-state index contributed by atoms with van der Waals surface area (Å²) < 4.78 is 35.0. The number of ether oxygens (including phenoxy) is 1. The van der Waals surface area contributed by atoms with Gasteiger partial charge in [0.05, 0.1) is 38.9 Å². The summed E-state index contributed by atoms with van der Waals surface area (Å²) >= 11 is 0. The number of carboxylic acids is 1. The summed E-state index contributed by atoms with van der Waals surface area (Å²) in [5.74, 6) is -3.84. The molecule has 3 amide bonds. The van der Waals surface area contributed by atoms with Crippen molar-refractivity contribution in [2.24, 2.45) is 0 Å². The molecule has 13 heteroatoms. The Labute approximate surface area is 195 Å². The van der Waals surface area contributed by atoms with Crippen LogP contribution in [0.25, 0.3) is 0 Å². The maximum Gasteiger partial charge on any atom is 0.414 e. The molecule has 11 nitrogen and oxygen atoms in total. The first kappa shape index (κ1) is 26.8. The molecule has 0 bridgehead atoms. The Bertz CT molecular complexity index is 907. The number of carbonyl (C=O) groups is 4. The van der Waals surface area contributed by atoms with Crippen molar-refractivity contribution >= 4 is 35.3 Å². The van der Waals surface area contributed by atoms with Gasteiger partial charge in [0.2, 0.25) is 11.8 Å². The molecule has 1 aliphatic rings. The molecule has 0 aliphatic carbocycles. The molecule has 1 heterocycles. The van der Waals surface area contributed by atoms with Gasteiger partial charge in [-0.05, 0) is 6.92 Å². The standard InChI is InChI=1S/C21H28F2N4O7/c1-4-25(7-8-27(33-3)18(29)5-6-19(30)31)20-16(22)9-14(10-17(20)23)26-12-15(34-21(26)32)11-24-13(2)28/h9-10,15H,4-8,11-12H2,1-3H3,(H,24,28)(H,30,31)/t15-/m0/s1. The summed E-state index contributed by atoms with van der Waals surface area (Å²) in [6.45, 7) is 3.20. The zero-order valence-electron chi connectivity index (χ0n) is 19.2. The zero-order chi connectivity index (χ0) is 25.4. The number of hydrogen-bond acceptors (Lipinski definition) is 7. The van der Waals surface area contributed by atoms with E-state index in [-0.39, 0.29) is 62.8 Å². The quantitative estimate of drug-likeness (QED) is 0.426. The van der Waals surface area contributed by atoms with E-state index in [1.807, 2.05) is 0 Å². The molecule has 0 aromatic heterocycles. The van der Waals surface area contributed by atoms with Gasteiger partial charge in [0.25, 0.3) is 0 Å². The van der Waals surface area contributed by atoms with Crippen LogP contribution in [0.4, 0.5) is 25.0 Å². The van der Waals surface area contributed by atoms with E-state index in [9.17, 15) is 28.0 Å². The Balaban J connectivity index is 2.11. The van der Waals surface area contributed by atoms with Crippen molar-refractivity contribution in [3.05, 3.63) is 23.8 Å². The van der Waals surface area contributed by atoms with E-state index in [2.05, 4.69) is 5.32 Å². The van der Waals surface area contributed by atoms with Gasteiger partial charge < -0.3 is 20.1 Å². The molecule has 1 atom stereocenters. The molecule has 0 spiro atoms. The number of anilines is 2. The van der Waals surface area contributed by atoms with Crippen LogP contribution in [0.2, 0.25) is 0 Å². The van der Waals surface area contributed by atoms with Crippen LogP contribution in [0, 0.1) is 11.6 Å². The number of nitrogens with zero attached hydrogens (tertiary/aromatic N) is 3. The highest BCUT2D eigenvalue weighted by molar-refractivity contribution is 5.90. The number of cyclic esters (lactones) is 1. The van der Waals surface area contributed by atoms with E-state index in [1.165, 1.54) is 18.9 Å². The van der Waals surface area contributed by atoms with E-state index in [0.717, 1.165) is 22.1 Å². The molecule has 1 aromatic rings. The number of likely N-dealkylation sites (N-methyl/N-ethyl adjacent to an activating group) is 1. The first-order valence-corrected chi connectivity index (χ1v) is 10.6. The molecule has 0 unspecified atom stereocenters. The second-order valence-electron chi connectivity index (χ2n) is 7.46. The van der Waals surface area contributed by atoms with Crippen molar-refractivity contribution in [1.29, 1.82) is 0 Å². The van der Waals surface area contributed by atoms with E-state index in [1.54, 1.807) is 6.92 Å². The van der Waals surface area contributed by atoms with Gasteiger partial charge in [0.15, 0.2) is 11.6 Å². The first-order chi connectivity index (χ1) is 16.1. The van der Waals surface area contributed by atoms with Gasteiger partial charge in [-0.2, -0.15) is 0 Å². The van der Waals surface area contributed by atoms with Crippen molar-refractivity contribution in [2.75, 3.05) is 49.6 Å². The fourth-order valence-corrected chi connectivity index (χ4v) is 3.40. The van der Waals surface area contributed by atoms with Crippen molar-refractivity contribution < 1.29 is 42.6 Å². The Morgan fingerprint density at radius 1 is 1.24 bits per heavy atom. The van der Waals surface area contributed by atoms with Crippen molar-refractivity contribution in [2.45, 2.75) is 32.8 Å². The Kier molecular flexibility index (Phi) is 9.54. The minimum atomic E-state index is -1.13. The zero-order valence-corrected chi connectivity index (χ0v) is 19.2. The molecule has 1 aromatic carbocycles. The second-order valence-corrected chi connectivity index (χ2v) is 7.46. The van der Waals surface area contributed by atoms with E-state index >= 15 is 0 Å². The summed E-state index contributed by atoms with van der Waals surface area (Å²) in [5.41, 5.74) is -0.379. The van der Waals surface area contributed by atoms with Gasteiger partial charge >= 0.3 is 12.1 Å². The maximum absolute atomic E-state index is 15.0. The predicted octanol–water partition coefficient (Wildman–Crippen LogP) is 1.51. The third-order valence-electron chi connectivity index (χ3n) is 5.09. The van der Waals surface area contributed by atoms with Gasteiger partial charge in [0, 0.05) is 38.6 Å². The van der Waals surface area contributed by atoms with Crippen LogP contribution in [0.1, 0.15) is 26.7 Å². The summed E-state index contributed by atoms with van der Waals surface area (Å²) in [5, 5.41) is 12.2. The summed E-state index contributed by atoms with van der Waals surface area (Å²) in [6, 6.07) is 2.02. The fraction of sp³-hybridized carbons (Fsp3) is 0.524. The highest BCUT2D eigenvalue weighted by Crippen LogP contribution is 2.31. The molecule has 2 N–H and O–H groups in total. The molecule has 0 saturated carbocycles. The first-order valence-electron chi connectivity index (χ1n) is 10.6. The lowest BCUT2D eigenvalue weighted by Crippen LogP contribution is -2.39. The van der Waals surface area contributed by atoms with Crippen LogP contribution in [0.3, 0.4) is 0 Å². The molecule has 1 aliphatic heterocycles. The number of aliphatic carboxylic acids is 1. The number of hydrogen-bond donors (Lipinski definition) is 2. The van der Waals surface area contributed by atoms with Gasteiger partial charge in [0.1, 0.15) is 11.8 Å². The normalized spacial score (nSPS) is 15.1. The number of carbonyl (C=O) groups excluding carboxylic acids is 3. The highest BCUT2D eigenvalue weighted by atomic mass is 19.1. The average Bonchev–Trinajstić information content (AvgIpc) is 3.15. The molecule has 188 valence electrons. The number of carboxylic acid groups (broad SMARTS) is 1. The van der Waals surface area contributed by atoms with Gasteiger partial charge in [-0.3, -0.25) is 24.1 Å². The van der Waals surface area contributed by atoms with Crippen LogP contribution in [0.5, 0.6) is 0 Å². The average molecular weight is 486 g/mol. The van der Waals surface area contributed by atoms with Crippen molar-refractivity contribution in [3.8, 4) is 0 Å². The molecule has 34 heavy (non-hydrogen) atoms. The van der Waals surface area contributed by atoms with Gasteiger partial charge in [-0.25, -0.2) is 18.6 Å². The number of hydroxylamine groups is 2. The summed E-state index contributed by atoms with van der Waals surface area (Å²) in [7, 11) is 1.24. The van der Waals surface area contributed by atoms with Crippen LogP contribution >= 0.6 is 0 Å². The largest absolute Gasteiger partial charge is 0.481 e. The molecule has 0 radical (unpaired) electrons. The van der Waals surface area contributed by atoms with E-state index in [4.69, 9.17) is 14.7 Å². The minimum absolute atomic E-state index is 0.000877. The number of benzene rings is 1. The SMILES string of the molecule is CCN(CCN(OC)C(=O)CCC(=O)O)c1c(F)cc(N2C[C@H](CNC(C)=O)OC2=O)cc1F. The summed E-state index contributed by atoms with van der Waals surface area (Å²) in [4.78, 5) is 53.3. The molecular weight excluding hydrogens is 458 g/mol. The number of nitrogens with one attached hydrogen (secondary N) is 1. The highest BCUT2D eigenvalue weighted by Gasteiger charge is 2.33. The smallest absolute Gasteiger partial charge is 0.414 e. The Morgan fingerprint density at radius 3 is 2.41 bits per heavy atom. The van der Waals surface area contributed by atoms with Crippen LogP contribution < -0.4 is 15.1 Å². The monoisotopic (exact) mass is 486 g/mol. The predicted molar refractivity (Wildman–Crippen MR) is 116 cm³/mol. The maximum atomic E-state index is 15.0. The van der Waals surface area contributed by atoms with Crippen LogP contribution in [-0.4, -0.2) is 80.0 Å². The molecule has 2 rings (SSSR count).